The SMILES string of the molecule is O=C(CCCCCN1C(=O)c2ccccc2C1=O)Oc1c(-c2ccco2)oc2ccccc2c1=O. The molecule has 8 heteroatoms. The van der Waals surface area contributed by atoms with E-state index in [1.54, 1.807) is 60.7 Å². The minimum Gasteiger partial charge on any atom is -0.461 e. The molecule has 8 nitrogen and oxygen atoms in total. The van der Waals surface area contributed by atoms with Crippen molar-refractivity contribution in [2.75, 3.05) is 6.54 Å². The average Bonchev–Trinajstić information content (AvgIpc) is 3.49. The van der Waals surface area contributed by atoms with Gasteiger partial charge in [0.15, 0.2) is 5.76 Å². The van der Waals surface area contributed by atoms with Crippen LogP contribution in [0.15, 0.2) is 80.6 Å². The minimum atomic E-state index is -0.582. The molecule has 0 saturated heterocycles. The van der Waals surface area contributed by atoms with Gasteiger partial charge < -0.3 is 13.6 Å². The van der Waals surface area contributed by atoms with Crippen molar-refractivity contribution in [2.24, 2.45) is 0 Å². The molecule has 0 saturated carbocycles. The molecule has 35 heavy (non-hydrogen) atoms. The van der Waals surface area contributed by atoms with E-state index in [1.807, 2.05) is 0 Å². The number of unbranched alkanes of at least 4 members (excludes halogenated alkanes) is 2. The molecule has 5 rings (SSSR count). The van der Waals surface area contributed by atoms with Crippen LogP contribution in [0.3, 0.4) is 0 Å². The van der Waals surface area contributed by atoms with Crippen molar-refractivity contribution in [3.63, 3.8) is 0 Å². The molecule has 0 atom stereocenters. The van der Waals surface area contributed by atoms with Crippen LogP contribution in [0.2, 0.25) is 0 Å². The first-order valence-electron chi connectivity index (χ1n) is 11.3. The third kappa shape index (κ3) is 4.26. The van der Waals surface area contributed by atoms with Crippen molar-refractivity contribution in [3.8, 4) is 17.3 Å². The second-order valence-corrected chi connectivity index (χ2v) is 8.16. The Bertz CT molecular complexity index is 1450. The maximum Gasteiger partial charge on any atom is 0.311 e. The number of ether oxygens (including phenoxy) is 1. The number of benzene rings is 2. The molecule has 2 amide bonds. The number of carbonyl (C=O) groups excluding carboxylic acids is 3. The third-order valence-electron chi connectivity index (χ3n) is 5.86. The summed E-state index contributed by atoms with van der Waals surface area (Å²) in [6.07, 6.45) is 3.11. The number of imide groups is 1. The Morgan fingerprint density at radius 2 is 1.54 bits per heavy atom. The molecule has 0 unspecified atom stereocenters. The van der Waals surface area contributed by atoms with Crippen LogP contribution in [-0.2, 0) is 4.79 Å². The number of nitrogens with zero attached hydrogens (tertiary/aromatic N) is 1. The smallest absolute Gasteiger partial charge is 0.311 e. The second kappa shape index (κ2) is 9.42. The molecule has 0 aliphatic carbocycles. The maximum atomic E-state index is 13.0. The Kier molecular flexibility index (Phi) is 6.01. The quantitative estimate of drug-likeness (QED) is 0.206. The highest BCUT2D eigenvalue weighted by Crippen LogP contribution is 2.31. The lowest BCUT2D eigenvalue weighted by molar-refractivity contribution is -0.134. The van der Waals surface area contributed by atoms with Gasteiger partial charge in [-0.1, -0.05) is 30.7 Å². The summed E-state index contributed by atoms with van der Waals surface area (Å²) >= 11 is 0. The number of para-hydroxylation sites is 1. The molecule has 0 bridgehead atoms. The normalized spacial score (nSPS) is 12.9. The summed E-state index contributed by atoms with van der Waals surface area (Å²) in [5.74, 6) is -1.05. The van der Waals surface area contributed by atoms with E-state index in [1.165, 1.54) is 11.2 Å². The lowest BCUT2D eigenvalue weighted by Crippen LogP contribution is -2.30. The predicted octanol–water partition coefficient (Wildman–Crippen LogP) is 4.82. The minimum absolute atomic E-state index is 0.0534. The van der Waals surface area contributed by atoms with Gasteiger partial charge in [0, 0.05) is 13.0 Å². The third-order valence-corrected chi connectivity index (χ3v) is 5.86. The summed E-state index contributed by atoms with van der Waals surface area (Å²) < 4.78 is 16.6. The Balaban J connectivity index is 1.20. The van der Waals surface area contributed by atoms with E-state index >= 15 is 0 Å². The number of esters is 1. The fourth-order valence-corrected chi connectivity index (χ4v) is 4.11. The van der Waals surface area contributed by atoms with Crippen LogP contribution in [-0.4, -0.2) is 29.2 Å². The van der Waals surface area contributed by atoms with Crippen molar-refractivity contribution >= 4 is 28.8 Å². The van der Waals surface area contributed by atoms with E-state index in [4.69, 9.17) is 13.6 Å². The fourth-order valence-electron chi connectivity index (χ4n) is 4.11. The highest BCUT2D eigenvalue weighted by molar-refractivity contribution is 6.21. The van der Waals surface area contributed by atoms with Gasteiger partial charge >= 0.3 is 5.97 Å². The van der Waals surface area contributed by atoms with Gasteiger partial charge in [-0.3, -0.25) is 24.1 Å². The van der Waals surface area contributed by atoms with Crippen molar-refractivity contribution in [1.82, 2.24) is 4.90 Å². The van der Waals surface area contributed by atoms with Gasteiger partial charge in [0.05, 0.1) is 22.8 Å². The highest BCUT2D eigenvalue weighted by Gasteiger charge is 2.34. The van der Waals surface area contributed by atoms with Gasteiger partial charge in [-0.25, -0.2) is 0 Å². The zero-order chi connectivity index (χ0) is 24.4. The monoisotopic (exact) mass is 471 g/mol. The van der Waals surface area contributed by atoms with Gasteiger partial charge in [0.1, 0.15) is 5.58 Å². The van der Waals surface area contributed by atoms with E-state index < -0.39 is 11.4 Å². The lowest BCUT2D eigenvalue weighted by atomic mass is 10.1. The zero-order valence-electron chi connectivity index (χ0n) is 18.7. The number of rotatable bonds is 8. The summed E-state index contributed by atoms with van der Waals surface area (Å²) in [4.78, 5) is 51.6. The van der Waals surface area contributed by atoms with E-state index in [9.17, 15) is 19.2 Å². The number of amides is 2. The van der Waals surface area contributed by atoms with Gasteiger partial charge in [-0.05, 0) is 49.2 Å². The molecule has 0 fully saturated rings. The molecule has 1 aliphatic heterocycles. The topological polar surface area (TPSA) is 107 Å². The van der Waals surface area contributed by atoms with Gasteiger partial charge in [0.2, 0.25) is 16.9 Å². The molecule has 0 radical (unpaired) electrons. The number of fused-ring (bicyclic) bond motifs is 2. The molecule has 2 aromatic carbocycles. The Hall–Kier alpha value is -4.46. The van der Waals surface area contributed by atoms with Crippen LogP contribution in [0.4, 0.5) is 0 Å². The summed E-state index contributed by atoms with van der Waals surface area (Å²) in [6, 6.07) is 16.7. The first kappa shape index (κ1) is 22.3. The second-order valence-electron chi connectivity index (χ2n) is 8.16. The molecule has 2 aromatic heterocycles. The average molecular weight is 471 g/mol. The van der Waals surface area contributed by atoms with Crippen molar-refractivity contribution in [2.45, 2.75) is 25.7 Å². The van der Waals surface area contributed by atoms with E-state index in [0.29, 0.717) is 41.4 Å². The number of hydrogen-bond acceptors (Lipinski definition) is 7. The van der Waals surface area contributed by atoms with E-state index in [2.05, 4.69) is 0 Å². The molecule has 0 spiro atoms. The van der Waals surface area contributed by atoms with Gasteiger partial charge in [-0.15, -0.1) is 0 Å². The maximum absolute atomic E-state index is 13.0. The van der Waals surface area contributed by atoms with E-state index in [0.717, 1.165) is 0 Å². The van der Waals surface area contributed by atoms with E-state index in [-0.39, 0.29) is 42.0 Å². The van der Waals surface area contributed by atoms with Gasteiger partial charge in [-0.2, -0.15) is 0 Å². The first-order valence-corrected chi connectivity index (χ1v) is 11.3. The predicted molar refractivity (Wildman–Crippen MR) is 126 cm³/mol. The number of carbonyl (C=O) groups is 3. The van der Waals surface area contributed by atoms with Crippen LogP contribution in [0.5, 0.6) is 5.75 Å². The molecular formula is C27H21NO7. The summed E-state index contributed by atoms with van der Waals surface area (Å²) in [6.45, 7) is 0.276. The summed E-state index contributed by atoms with van der Waals surface area (Å²) in [7, 11) is 0. The largest absolute Gasteiger partial charge is 0.461 e. The van der Waals surface area contributed by atoms with Gasteiger partial charge in [0.25, 0.3) is 11.8 Å². The standard InChI is InChI=1S/C27H21NO7/c29-22(14-2-1-7-15-28-26(31)17-9-3-4-10-18(17)27(28)32)35-25-23(30)19-11-5-6-12-20(19)34-24(25)21-13-8-16-33-21/h3-6,8-13,16H,1-2,7,14-15H2. The number of hydrogen-bond donors (Lipinski definition) is 0. The molecule has 4 aromatic rings. The van der Waals surface area contributed by atoms with Crippen molar-refractivity contribution in [1.29, 1.82) is 0 Å². The summed E-state index contributed by atoms with van der Waals surface area (Å²) in [5.41, 5.74) is 0.736. The molecule has 3 heterocycles. The van der Waals surface area contributed by atoms with Crippen LogP contribution < -0.4 is 10.2 Å². The zero-order valence-corrected chi connectivity index (χ0v) is 18.7. The van der Waals surface area contributed by atoms with Crippen molar-refractivity contribution < 1.29 is 28.0 Å². The molecule has 1 aliphatic rings. The Labute approximate surface area is 199 Å². The summed E-state index contributed by atoms with van der Waals surface area (Å²) in [5, 5.41) is 0.298. The van der Waals surface area contributed by atoms with Crippen LogP contribution in [0.1, 0.15) is 46.4 Å². The molecule has 176 valence electrons. The Morgan fingerprint density at radius 3 is 2.26 bits per heavy atom. The van der Waals surface area contributed by atoms with Crippen LogP contribution in [0, 0.1) is 0 Å². The van der Waals surface area contributed by atoms with Crippen LogP contribution in [0.25, 0.3) is 22.5 Å². The lowest BCUT2D eigenvalue weighted by Gasteiger charge is -2.13. The molecule has 0 N–H and O–H groups in total. The fraction of sp³-hybridized carbons (Fsp3) is 0.185. The highest BCUT2D eigenvalue weighted by atomic mass is 16.5. The van der Waals surface area contributed by atoms with Crippen molar-refractivity contribution in [3.05, 3.63) is 88.3 Å². The van der Waals surface area contributed by atoms with Crippen LogP contribution >= 0.6 is 0 Å². The first-order chi connectivity index (χ1) is 17.0. The molecular weight excluding hydrogens is 450 g/mol. The number of furan rings is 1. The Morgan fingerprint density at radius 1 is 0.829 bits per heavy atom.